The molecule has 2 nitrogen and oxygen atoms in total. The number of methoxy groups -OCH3 is 1. The van der Waals surface area contributed by atoms with Crippen LogP contribution in [0, 0.1) is 0 Å². The molecule has 1 atom stereocenters. The first-order chi connectivity index (χ1) is 7.86. The summed E-state index contributed by atoms with van der Waals surface area (Å²) in [7, 11) is 1.74. The summed E-state index contributed by atoms with van der Waals surface area (Å²) in [4.78, 5) is 2.66. The minimum Gasteiger partial charge on any atom is -0.497 e. The van der Waals surface area contributed by atoms with Gasteiger partial charge in [-0.2, -0.15) is 0 Å². The molecule has 0 N–H and O–H groups in total. The van der Waals surface area contributed by atoms with Crippen LogP contribution in [0.25, 0.3) is 0 Å². The summed E-state index contributed by atoms with van der Waals surface area (Å²) < 4.78 is 5.29. The van der Waals surface area contributed by atoms with Crippen molar-refractivity contribution in [3.63, 3.8) is 0 Å². The summed E-state index contributed by atoms with van der Waals surface area (Å²) in [5, 5.41) is 0. The Balaban J connectivity index is 1.77. The molecule has 1 aromatic carbocycles. The van der Waals surface area contributed by atoms with Gasteiger partial charge in [-0.15, -0.1) is 0 Å². The number of benzene rings is 1. The van der Waals surface area contributed by atoms with Crippen LogP contribution in [0.1, 0.15) is 24.0 Å². The number of nitrogens with zero attached hydrogens (tertiary/aromatic N) is 1. The fourth-order valence-electron chi connectivity index (χ4n) is 3.06. The van der Waals surface area contributed by atoms with E-state index in [1.807, 2.05) is 0 Å². The molecule has 1 aliphatic carbocycles. The molecule has 0 bridgehead atoms. The summed E-state index contributed by atoms with van der Waals surface area (Å²) in [5.41, 5.74) is 3.02. The summed E-state index contributed by atoms with van der Waals surface area (Å²) >= 11 is 0. The zero-order valence-corrected chi connectivity index (χ0v) is 9.91. The predicted molar refractivity (Wildman–Crippen MR) is 65.0 cm³/mol. The molecule has 0 spiro atoms. The van der Waals surface area contributed by atoms with E-state index >= 15 is 0 Å². The van der Waals surface area contributed by atoms with Crippen molar-refractivity contribution in [3.8, 4) is 5.75 Å². The van der Waals surface area contributed by atoms with Crippen LogP contribution in [0.15, 0.2) is 18.2 Å². The molecule has 1 aliphatic heterocycles. The number of ether oxygens (including phenoxy) is 1. The van der Waals surface area contributed by atoms with E-state index in [2.05, 4.69) is 23.1 Å². The highest BCUT2D eigenvalue weighted by Gasteiger charge is 2.28. The normalized spacial score (nSPS) is 24.7. The average Bonchev–Trinajstić information content (AvgIpc) is 2.96. The van der Waals surface area contributed by atoms with Crippen molar-refractivity contribution in [1.82, 2.24) is 4.90 Å². The molecule has 0 saturated carbocycles. The van der Waals surface area contributed by atoms with Crippen LogP contribution in [0.2, 0.25) is 0 Å². The third-order valence-corrected chi connectivity index (χ3v) is 3.98. The number of rotatable bonds is 2. The van der Waals surface area contributed by atoms with Gasteiger partial charge in [0.2, 0.25) is 0 Å². The van der Waals surface area contributed by atoms with Crippen molar-refractivity contribution >= 4 is 0 Å². The largest absolute Gasteiger partial charge is 0.497 e. The lowest BCUT2D eigenvalue weighted by Gasteiger charge is -2.22. The van der Waals surface area contributed by atoms with Gasteiger partial charge < -0.3 is 4.74 Å². The smallest absolute Gasteiger partial charge is 0.119 e. The molecule has 3 rings (SSSR count). The molecular formula is C14H19NO. The molecule has 1 saturated heterocycles. The summed E-state index contributed by atoms with van der Waals surface area (Å²) in [6.45, 7) is 2.60. The highest BCUT2D eigenvalue weighted by atomic mass is 16.5. The van der Waals surface area contributed by atoms with Gasteiger partial charge in [0.25, 0.3) is 0 Å². The van der Waals surface area contributed by atoms with E-state index < -0.39 is 0 Å². The van der Waals surface area contributed by atoms with Gasteiger partial charge in [0.15, 0.2) is 0 Å². The molecule has 1 fully saturated rings. The average molecular weight is 217 g/mol. The molecule has 2 heteroatoms. The van der Waals surface area contributed by atoms with Gasteiger partial charge in [-0.1, -0.05) is 6.07 Å². The maximum absolute atomic E-state index is 5.29. The van der Waals surface area contributed by atoms with Gasteiger partial charge >= 0.3 is 0 Å². The van der Waals surface area contributed by atoms with Crippen molar-refractivity contribution < 1.29 is 4.74 Å². The first kappa shape index (κ1) is 10.2. The molecule has 0 aromatic heterocycles. The van der Waals surface area contributed by atoms with Gasteiger partial charge in [-0.25, -0.2) is 0 Å². The minimum atomic E-state index is 0.754. The Labute approximate surface area is 97.2 Å². The Morgan fingerprint density at radius 2 is 1.88 bits per heavy atom. The Morgan fingerprint density at radius 1 is 1.12 bits per heavy atom. The van der Waals surface area contributed by atoms with Crippen LogP contribution < -0.4 is 4.74 Å². The lowest BCUT2D eigenvalue weighted by atomic mass is 10.1. The van der Waals surface area contributed by atoms with Gasteiger partial charge in [0.05, 0.1) is 7.11 Å². The Hall–Kier alpha value is -1.02. The van der Waals surface area contributed by atoms with Crippen molar-refractivity contribution in [3.05, 3.63) is 29.3 Å². The molecule has 1 aromatic rings. The number of hydrogen-bond acceptors (Lipinski definition) is 2. The third kappa shape index (κ3) is 1.71. The predicted octanol–water partition coefficient (Wildman–Crippen LogP) is 2.26. The summed E-state index contributed by atoms with van der Waals surface area (Å²) in [5.74, 6) is 1.00. The van der Waals surface area contributed by atoms with E-state index in [0.29, 0.717) is 0 Å². The van der Waals surface area contributed by atoms with E-state index in [1.165, 1.54) is 49.9 Å². The van der Waals surface area contributed by atoms with Crippen molar-refractivity contribution in [1.29, 1.82) is 0 Å². The number of likely N-dealkylation sites (tertiary alicyclic amines) is 1. The fourth-order valence-corrected chi connectivity index (χ4v) is 3.06. The maximum Gasteiger partial charge on any atom is 0.119 e. The molecule has 2 aliphatic rings. The molecule has 0 amide bonds. The van der Waals surface area contributed by atoms with E-state index in [4.69, 9.17) is 4.74 Å². The van der Waals surface area contributed by atoms with Crippen LogP contribution in [0.3, 0.4) is 0 Å². The molecular weight excluding hydrogens is 198 g/mol. The quantitative estimate of drug-likeness (QED) is 0.753. The fraction of sp³-hybridized carbons (Fsp3) is 0.571. The lowest BCUT2D eigenvalue weighted by molar-refractivity contribution is 0.250. The monoisotopic (exact) mass is 217 g/mol. The van der Waals surface area contributed by atoms with Crippen molar-refractivity contribution in [2.75, 3.05) is 20.2 Å². The minimum absolute atomic E-state index is 0.754. The summed E-state index contributed by atoms with van der Waals surface area (Å²) in [6, 6.07) is 7.30. The van der Waals surface area contributed by atoms with Gasteiger partial charge in [0, 0.05) is 6.04 Å². The maximum atomic E-state index is 5.29. The first-order valence-corrected chi connectivity index (χ1v) is 6.26. The second kappa shape index (κ2) is 4.10. The molecule has 1 heterocycles. The zero-order valence-electron chi connectivity index (χ0n) is 9.91. The van der Waals surface area contributed by atoms with Crippen molar-refractivity contribution in [2.45, 2.75) is 31.7 Å². The van der Waals surface area contributed by atoms with Gasteiger partial charge in [-0.3, -0.25) is 4.90 Å². The molecule has 86 valence electrons. The van der Waals surface area contributed by atoms with E-state index in [1.54, 1.807) is 7.11 Å². The SMILES string of the molecule is COc1ccc2c(c1)C[C@@H](N1CCCC1)C2. The summed E-state index contributed by atoms with van der Waals surface area (Å²) in [6.07, 6.45) is 5.22. The van der Waals surface area contributed by atoms with Gasteiger partial charge in [-0.05, 0) is 62.0 Å². The lowest BCUT2D eigenvalue weighted by Crippen LogP contribution is -2.33. The Morgan fingerprint density at radius 3 is 2.62 bits per heavy atom. The standard InChI is InChI=1S/C14H19NO/c1-16-14-5-4-11-8-13(9-12(11)10-14)15-6-2-3-7-15/h4-5,10,13H,2-3,6-9H2,1H3/t13-/m0/s1. The number of fused-ring (bicyclic) bond motifs is 1. The van der Waals surface area contributed by atoms with E-state index in [0.717, 1.165) is 11.8 Å². The van der Waals surface area contributed by atoms with Crippen LogP contribution in [0.5, 0.6) is 5.75 Å². The van der Waals surface area contributed by atoms with Crippen LogP contribution in [-0.2, 0) is 12.8 Å². The zero-order chi connectivity index (χ0) is 11.0. The highest BCUT2D eigenvalue weighted by molar-refractivity contribution is 5.40. The second-order valence-electron chi connectivity index (χ2n) is 4.94. The molecule has 0 unspecified atom stereocenters. The number of hydrogen-bond donors (Lipinski definition) is 0. The molecule has 16 heavy (non-hydrogen) atoms. The van der Waals surface area contributed by atoms with Crippen LogP contribution in [0.4, 0.5) is 0 Å². The molecule has 0 radical (unpaired) electrons. The van der Waals surface area contributed by atoms with Gasteiger partial charge in [0.1, 0.15) is 5.75 Å². The van der Waals surface area contributed by atoms with E-state index in [-0.39, 0.29) is 0 Å². The Kier molecular flexibility index (Phi) is 2.60. The third-order valence-electron chi connectivity index (χ3n) is 3.98. The van der Waals surface area contributed by atoms with Crippen LogP contribution >= 0.6 is 0 Å². The second-order valence-corrected chi connectivity index (χ2v) is 4.94. The Bertz CT molecular complexity index is 382. The van der Waals surface area contributed by atoms with Crippen molar-refractivity contribution in [2.24, 2.45) is 0 Å². The topological polar surface area (TPSA) is 12.5 Å². The van der Waals surface area contributed by atoms with Crippen LogP contribution in [-0.4, -0.2) is 31.1 Å². The highest BCUT2D eigenvalue weighted by Crippen LogP contribution is 2.30. The van der Waals surface area contributed by atoms with E-state index in [9.17, 15) is 0 Å². The first-order valence-electron chi connectivity index (χ1n) is 6.26.